The fourth-order valence-electron chi connectivity index (χ4n) is 2.43. The molecule has 0 aliphatic rings. The number of hydrogen-bond donors (Lipinski definition) is 0. The highest BCUT2D eigenvalue weighted by Crippen LogP contribution is 2.32. The van der Waals surface area contributed by atoms with Crippen molar-refractivity contribution in [3.05, 3.63) is 63.5 Å². The average molecular weight is 349 g/mol. The third-order valence-corrected chi connectivity index (χ3v) is 5.88. The molecular weight excluding hydrogens is 330 g/mol. The molecule has 0 fully saturated rings. The number of nitro benzene ring substituents is 1. The van der Waals surface area contributed by atoms with E-state index in [9.17, 15) is 18.5 Å². The number of nitrogens with zero attached hydrogens (tertiary/aromatic N) is 3. The number of sulfonamides is 1. The van der Waals surface area contributed by atoms with E-state index in [2.05, 4.69) is 4.98 Å². The highest BCUT2D eigenvalue weighted by Gasteiger charge is 2.32. The van der Waals surface area contributed by atoms with Gasteiger partial charge in [0.05, 0.1) is 4.92 Å². The van der Waals surface area contributed by atoms with Gasteiger partial charge in [0, 0.05) is 31.5 Å². The van der Waals surface area contributed by atoms with E-state index in [1.807, 2.05) is 0 Å². The number of rotatable bonds is 6. The number of pyridine rings is 1. The summed E-state index contributed by atoms with van der Waals surface area (Å²) < 4.78 is 26.9. The van der Waals surface area contributed by atoms with E-state index >= 15 is 0 Å². The molecule has 0 aliphatic heterocycles. The first kappa shape index (κ1) is 18.0. The summed E-state index contributed by atoms with van der Waals surface area (Å²) >= 11 is 0. The summed E-state index contributed by atoms with van der Waals surface area (Å²) in [5.74, 6) is 0. The van der Waals surface area contributed by atoms with Gasteiger partial charge in [-0.25, -0.2) is 12.7 Å². The molecular formula is C16H19N3O4S. The molecule has 1 aromatic heterocycles. The van der Waals surface area contributed by atoms with Gasteiger partial charge in [0.1, 0.15) is 0 Å². The second-order valence-corrected chi connectivity index (χ2v) is 7.55. The highest BCUT2D eigenvalue weighted by atomic mass is 32.2. The van der Waals surface area contributed by atoms with Crippen LogP contribution >= 0.6 is 0 Å². The van der Waals surface area contributed by atoms with Crippen molar-refractivity contribution in [2.75, 3.05) is 13.6 Å². The van der Waals surface area contributed by atoms with Crippen molar-refractivity contribution in [3.63, 3.8) is 0 Å². The van der Waals surface area contributed by atoms with Gasteiger partial charge >= 0.3 is 0 Å². The van der Waals surface area contributed by atoms with Crippen LogP contribution in [-0.4, -0.2) is 36.2 Å². The van der Waals surface area contributed by atoms with E-state index in [1.54, 1.807) is 43.6 Å². The maximum Gasteiger partial charge on any atom is 0.292 e. The second-order valence-electron chi connectivity index (χ2n) is 5.57. The minimum absolute atomic E-state index is 0.219. The van der Waals surface area contributed by atoms with Gasteiger partial charge < -0.3 is 0 Å². The lowest BCUT2D eigenvalue weighted by Gasteiger charge is -2.19. The summed E-state index contributed by atoms with van der Waals surface area (Å²) in [4.78, 5) is 14.4. The number of likely N-dealkylation sites (N-methyl/N-ethyl adjacent to an activating group) is 1. The van der Waals surface area contributed by atoms with Crippen LogP contribution in [0.15, 0.2) is 41.6 Å². The van der Waals surface area contributed by atoms with E-state index < -0.39 is 14.9 Å². The van der Waals surface area contributed by atoms with Crippen molar-refractivity contribution >= 4 is 15.7 Å². The minimum atomic E-state index is -3.96. The van der Waals surface area contributed by atoms with Crippen LogP contribution in [0.1, 0.15) is 16.7 Å². The first-order chi connectivity index (χ1) is 11.2. The maximum absolute atomic E-state index is 12.9. The van der Waals surface area contributed by atoms with Crippen LogP contribution in [0, 0.1) is 24.0 Å². The summed E-state index contributed by atoms with van der Waals surface area (Å²) in [6, 6.07) is 6.76. The van der Waals surface area contributed by atoms with Crippen LogP contribution in [-0.2, 0) is 16.4 Å². The molecule has 7 nitrogen and oxygen atoms in total. The van der Waals surface area contributed by atoms with E-state index in [4.69, 9.17) is 0 Å². The Balaban J connectivity index is 2.36. The molecule has 0 aliphatic carbocycles. The van der Waals surface area contributed by atoms with Crippen LogP contribution in [0.4, 0.5) is 5.69 Å². The van der Waals surface area contributed by atoms with Gasteiger partial charge in [-0.1, -0.05) is 12.1 Å². The van der Waals surface area contributed by atoms with Gasteiger partial charge in [-0.05, 0) is 43.5 Å². The average Bonchev–Trinajstić information content (AvgIpc) is 2.54. The quantitative estimate of drug-likeness (QED) is 0.590. The predicted molar refractivity (Wildman–Crippen MR) is 90.3 cm³/mol. The Kier molecular flexibility index (Phi) is 5.30. The van der Waals surface area contributed by atoms with Crippen LogP contribution in [0.25, 0.3) is 0 Å². The summed E-state index contributed by atoms with van der Waals surface area (Å²) in [5, 5.41) is 11.4. The van der Waals surface area contributed by atoms with E-state index in [-0.39, 0.29) is 17.1 Å². The lowest BCUT2D eigenvalue weighted by molar-refractivity contribution is -0.388. The summed E-state index contributed by atoms with van der Waals surface area (Å²) in [5.41, 5.74) is 1.28. The molecule has 0 saturated heterocycles. The second kappa shape index (κ2) is 7.06. The van der Waals surface area contributed by atoms with Crippen molar-refractivity contribution in [2.24, 2.45) is 0 Å². The Hall–Kier alpha value is -2.32. The number of aromatic nitrogens is 1. The Labute approximate surface area is 141 Å². The molecule has 1 heterocycles. The Morgan fingerprint density at radius 1 is 1.12 bits per heavy atom. The van der Waals surface area contributed by atoms with E-state index in [0.29, 0.717) is 17.5 Å². The normalized spacial score (nSPS) is 11.7. The lowest BCUT2D eigenvalue weighted by Crippen LogP contribution is -2.30. The molecule has 2 aromatic rings. The Morgan fingerprint density at radius 2 is 1.71 bits per heavy atom. The van der Waals surface area contributed by atoms with Crippen LogP contribution in [0.5, 0.6) is 0 Å². The number of nitro groups is 1. The fraction of sp³-hybridized carbons (Fsp3) is 0.312. The van der Waals surface area contributed by atoms with Gasteiger partial charge in [-0.15, -0.1) is 0 Å². The largest absolute Gasteiger partial charge is 0.292 e. The highest BCUT2D eigenvalue weighted by molar-refractivity contribution is 7.89. The molecule has 24 heavy (non-hydrogen) atoms. The Morgan fingerprint density at radius 3 is 2.29 bits per heavy atom. The molecule has 0 radical (unpaired) electrons. The topological polar surface area (TPSA) is 93.4 Å². The van der Waals surface area contributed by atoms with Gasteiger partial charge in [-0.2, -0.15) is 0 Å². The zero-order valence-electron chi connectivity index (χ0n) is 13.8. The monoisotopic (exact) mass is 349 g/mol. The van der Waals surface area contributed by atoms with Crippen LogP contribution in [0.3, 0.4) is 0 Å². The molecule has 0 spiro atoms. The Bertz CT molecular complexity index is 851. The van der Waals surface area contributed by atoms with Gasteiger partial charge in [0.15, 0.2) is 4.90 Å². The van der Waals surface area contributed by atoms with Crippen molar-refractivity contribution < 1.29 is 13.3 Å². The molecule has 1 aromatic carbocycles. The minimum Gasteiger partial charge on any atom is -0.265 e. The summed E-state index contributed by atoms with van der Waals surface area (Å²) in [6.07, 6.45) is 3.77. The molecule has 0 N–H and O–H groups in total. The standard InChI is InChI=1S/C16H19N3O4S/c1-12-4-5-13(2)16(15(12)19(20)21)24(22,23)18(3)11-8-14-6-9-17-10-7-14/h4-7,9-10H,8,11H2,1-3H3. The van der Waals surface area contributed by atoms with Gasteiger partial charge in [0.25, 0.3) is 5.69 Å². The molecule has 0 atom stereocenters. The first-order valence-corrected chi connectivity index (χ1v) is 8.79. The maximum atomic E-state index is 12.9. The van der Waals surface area contributed by atoms with Crippen molar-refractivity contribution in [1.29, 1.82) is 0 Å². The summed E-state index contributed by atoms with van der Waals surface area (Å²) in [7, 11) is -2.53. The number of aryl methyl sites for hydroxylation is 2. The predicted octanol–water partition coefficient (Wildman–Crippen LogP) is 2.47. The van der Waals surface area contributed by atoms with Crippen LogP contribution < -0.4 is 0 Å². The molecule has 2 rings (SSSR count). The fourth-order valence-corrected chi connectivity index (χ4v) is 4.03. The van der Waals surface area contributed by atoms with Crippen molar-refractivity contribution in [2.45, 2.75) is 25.2 Å². The zero-order valence-corrected chi connectivity index (χ0v) is 14.6. The van der Waals surface area contributed by atoms with E-state index in [1.165, 1.54) is 14.0 Å². The molecule has 0 saturated carbocycles. The third kappa shape index (κ3) is 3.60. The number of hydrogen-bond acceptors (Lipinski definition) is 5. The SMILES string of the molecule is Cc1ccc(C)c(S(=O)(=O)N(C)CCc2ccncc2)c1[N+](=O)[O-]. The van der Waals surface area contributed by atoms with Gasteiger partial charge in [-0.3, -0.25) is 15.1 Å². The summed E-state index contributed by atoms with van der Waals surface area (Å²) in [6.45, 7) is 3.32. The zero-order chi connectivity index (χ0) is 17.9. The molecule has 0 bridgehead atoms. The van der Waals surface area contributed by atoms with Crippen LogP contribution in [0.2, 0.25) is 0 Å². The molecule has 8 heteroatoms. The molecule has 128 valence electrons. The third-order valence-electron chi connectivity index (χ3n) is 3.85. The smallest absolute Gasteiger partial charge is 0.265 e. The molecule has 0 amide bonds. The lowest BCUT2D eigenvalue weighted by atomic mass is 10.1. The van der Waals surface area contributed by atoms with Gasteiger partial charge in [0.2, 0.25) is 10.0 Å². The molecule has 0 unspecified atom stereocenters. The van der Waals surface area contributed by atoms with Crippen molar-refractivity contribution in [3.8, 4) is 0 Å². The first-order valence-electron chi connectivity index (χ1n) is 7.35. The van der Waals surface area contributed by atoms with Crippen molar-refractivity contribution in [1.82, 2.24) is 9.29 Å². The van der Waals surface area contributed by atoms with E-state index in [0.717, 1.165) is 9.87 Å². The number of benzene rings is 1.